The largest absolute Gasteiger partial charge is 0.378 e. The van der Waals surface area contributed by atoms with Crippen LogP contribution in [0.4, 0.5) is 10.6 Å². The third-order valence-corrected chi connectivity index (χ3v) is 3.57. The van der Waals surface area contributed by atoms with Crippen LogP contribution in [0.25, 0.3) is 0 Å². The summed E-state index contributed by atoms with van der Waals surface area (Å²) in [6, 6.07) is 3.27. The van der Waals surface area contributed by atoms with Gasteiger partial charge in [-0.15, -0.1) is 5.10 Å². The smallest absolute Gasteiger partial charge is 0.323 e. The zero-order valence-electron chi connectivity index (χ0n) is 11.4. The number of nitrogens with zero attached hydrogens (tertiary/aromatic N) is 3. The summed E-state index contributed by atoms with van der Waals surface area (Å²) in [4.78, 5) is 14.1. The zero-order chi connectivity index (χ0) is 14.0. The molecule has 7 heteroatoms. The average molecular weight is 278 g/mol. The number of anilines is 1. The first-order chi connectivity index (χ1) is 9.67. The summed E-state index contributed by atoms with van der Waals surface area (Å²) in [6.07, 6.45) is 2.39. The van der Waals surface area contributed by atoms with Crippen molar-refractivity contribution in [3.8, 4) is 0 Å². The number of carbonyl (C=O) groups is 1. The summed E-state index contributed by atoms with van der Waals surface area (Å²) in [7, 11) is 0. The Morgan fingerprint density at radius 1 is 1.60 bits per heavy atom. The maximum atomic E-state index is 12.3. The lowest BCUT2D eigenvalue weighted by Gasteiger charge is -2.42. The number of hydrogen-bond acceptors (Lipinski definition) is 5. The van der Waals surface area contributed by atoms with Crippen LogP contribution in [0.3, 0.4) is 0 Å². The second-order valence-corrected chi connectivity index (χ2v) is 5.33. The molecule has 0 aromatic carbocycles. The fourth-order valence-corrected chi connectivity index (χ4v) is 2.74. The molecule has 0 radical (unpaired) electrons. The topological polar surface area (TPSA) is 76.6 Å². The van der Waals surface area contributed by atoms with Gasteiger partial charge in [0.05, 0.1) is 19.3 Å². The highest BCUT2D eigenvalue weighted by Gasteiger charge is 2.44. The molecule has 7 nitrogen and oxygen atoms in total. The van der Waals surface area contributed by atoms with E-state index >= 15 is 0 Å². The van der Waals surface area contributed by atoms with Crippen LogP contribution in [0.1, 0.15) is 13.3 Å². The summed E-state index contributed by atoms with van der Waals surface area (Å²) >= 11 is 0. The Morgan fingerprint density at radius 2 is 2.50 bits per heavy atom. The van der Waals surface area contributed by atoms with E-state index in [1.54, 1.807) is 23.2 Å². The molecule has 2 atom stereocenters. The second-order valence-electron chi connectivity index (χ2n) is 5.33. The molecule has 0 saturated carbocycles. The van der Waals surface area contributed by atoms with E-state index in [1.165, 1.54) is 0 Å². The van der Waals surface area contributed by atoms with Gasteiger partial charge < -0.3 is 14.4 Å². The zero-order valence-corrected chi connectivity index (χ0v) is 11.4. The van der Waals surface area contributed by atoms with Crippen molar-refractivity contribution in [2.45, 2.75) is 25.0 Å². The lowest BCUT2D eigenvalue weighted by atomic mass is 9.99. The fourth-order valence-electron chi connectivity index (χ4n) is 2.74. The quantitative estimate of drug-likeness (QED) is 0.825. The standard InChI is InChI=1S/C13H18N4O3/c1-10-7-17(8-13(20-10)4-6-19-9-13)12(18)15-11-3-2-5-14-16-11/h2-3,5,10H,4,6-9H2,1H3,(H,15,16,18). The maximum Gasteiger partial charge on any atom is 0.323 e. The lowest BCUT2D eigenvalue weighted by molar-refractivity contribution is -0.136. The van der Waals surface area contributed by atoms with Crippen molar-refractivity contribution < 1.29 is 14.3 Å². The number of aromatic nitrogens is 2. The Bertz CT molecular complexity index is 476. The first kappa shape index (κ1) is 13.3. The summed E-state index contributed by atoms with van der Waals surface area (Å²) in [5, 5.41) is 10.4. The predicted molar refractivity (Wildman–Crippen MR) is 71.3 cm³/mol. The van der Waals surface area contributed by atoms with Crippen LogP contribution in [0.15, 0.2) is 18.3 Å². The van der Waals surface area contributed by atoms with Gasteiger partial charge in [0.25, 0.3) is 0 Å². The highest BCUT2D eigenvalue weighted by Crippen LogP contribution is 2.30. The predicted octanol–water partition coefficient (Wildman–Crippen LogP) is 0.888. The minimum absolute atomic E-state index is 0.00180. The SMILES string of the molecule is CC1CN(C(=O)Nc2cccnn2)CC2(CCOC2)O1. The Kier molecular flexibility index (Phi) is 3.54. The van der Waals surface area contributed by atoms with Crippen molar-refractivity contribution in [2.24, 2.45) is 0 Å². The van der Waals surface area contributed by atoms with Crippen LogP contribution in [0.2, 0.25) is 0 Å². The first-order valence-corrected chi connectivity index (χ1v) is 6.76. The van der Waals surface area contributed by atoms with Gasteiger partial charge in [0.15, 0.2) is 5.82 Å². The first-order valence-electron chi connectivity index (χ1n) is 6.76. The molecular weight excluding hydrogens is 260 g/mol. The van der Waals surface area contributed by atoms with Gasteiger partial charge in [-0.2, -0.15) is 5.10 Å². The van der Waals surface area contributed by atoms with E-state index in [0.29, 0.717) is 32.1 Å². The van der Waals surface area contributed by atoms with E-state index in [1.807, 2.05) is 6.92 Å². The number of nitrogens with one attached hydrogen (secondary N) is 1. The Labute approximate surface area is 117 Å². The van der Waals surface area contributed by atoms with Gasteiger partial charge in [-0.25, -0.2) is 4.79 Å². The molecule has 3 heterocycles. The molecule has 2 aliphatic rings. The molecule has 20 heavy (non-hydrogen) atoms. The number of carbonyl (C=O) groups excluding carboxylic acids is 1. The average Bonchev–Trinajstić information content (AvgIpc) is 2.86. The summed E-state index contributed by atoms with van der Waals surface area (Å²) in [5.74, 6) is 0.452. The van der Waals surface area contributed by atoms with E-state index in [2.05, 4.69) is 15.5 Å². The van der Waals surface area contributed by atoms with E-state index in [4.69, 9.17) is 9.47 Å². The molecule has 1 spiro atoms. The van der Waals surface area contributed by atoms with E-state index < -0.39 is 0 Å². The number of morpholine rings is 1. The van der Waals surface area contributed by atoms with E-state index in [9.17, 15) is 4.79 Å². The monoisotopic (exact) mass is 278 g/mol. The molecule has 1 aromatic heterocycles. The van der Waals surface area contributed by atoms with Gasteiger partial charge >= 0.3 is 6.03 Å². The fraction of sp³-hybridized carbons (Fsp3) is 0.615. The van der Waals surface area contributed by atoms with Crippen molar-refractivity contribution in [2.75, 3.05) is 31.6 Å². The molecule has 1 aromatic rings. The van der Waals surface area contributed by atoms with Crippen LogP contribution in [0.5, 0.6) is 0 Å². The third kappa shape index (κ3) is 2.73. The Balaban J connectivity index is 1.68. The molecule has 2 fully saturated rings. The van der Waals surface area contributed by atoms with Crippen molar-refractivity contribution in [3.63, 3.8) is 0 Å². The summed E-state index contributed by atoms with van der Waals surface area (Å²) in [6.45, 7) is 4.32. The maximum absolute atomic E-state index is 12.3. The van der Waals surface area contributed by atoms with Gasteiger partial charge in [0.2, 0.25) is 0 Å². The van der Waals surface area contributed by atoms with Crippen molar-refractivity contribution in [1.82, 2.24) is 15.1 Å². The van der Waals surface area contributed by atoms with E-state index in [-0.39, 0.29) is 17.7 Å². The molecule has 0 bridgehead atoms. The summed E-state index contributed by atoms with van der Waals surface area (Å²) in [5.41, 5.74) is -0.350. The normalized spacial score (nSPS) is 29.6. The highest BCUT2D eigenvalue weighted by molar-refractivity contribution is 5.88. The van der Waals surface area contributed by atoms with Gasteiger partial charge in [-0.1, -0.05) is 0 Å². The number of urea groups is 1. The van der Waals surface area contributed by atoms with Crippen LogP contribution in [0, 0.1) is 0 Å². The van der Waals surface area contributed by atoms with Gasteiger partial charge in [0, 0.05) is 25.8 Å². The number of amides is 2. The third-order valence-electron chi connectivity index (χ3n) is 3.57. The molecule has 0 aliphatic carbocycles. The second kappa shape index (κ2) is 5.34. The molecule has 1 N–H and O–H groups in total. The minimum atomic E-state index is -0.350. The number of rotatable bonds is 1. The van der Waals surface area contributed by atoms with Crippen molar-refractivity contribution >= 4 is 11.8 Å². The minimum Gasteiger partial charge on any atom is -0.378 e. The van der Waals surface area contributed by atoms with Gasteiger partial charge in [-0.3, -0.25) is 5.32 Å². The molecular formula is C13H18N4O3. The Hall–Kier alpha value is -1.73. The molecule has 2 aliphatic heterocycles. The summed E-state index contributed by atoms with van der Waals surface area (Å²) < 4.78 is 11.4. The molecule has 3 rings (SSSR count). The Morgan fingerprint density at radius 3 is 3.20 bits per heavy atom. The van der Waals surface area contributed by atoms with Gasteiger partial charge in [0.1, 0.15) is 5.60 Å². The van der Waals surface area contributed by atoms with Crippen LogP contribution < -0.4 is 5.32 Å². The number of hydrogen-bond donors (Lipinski definition) is 1. The van der Waals surface area contributed by atoms with Crippen molar-refractivity contribution in [3.05, 3.63) is 18.3 Å². The molecule has 2 saturated heterocycles. The van der Waals surface area contributed by atoms with Crippen LogP contribution >= 0.6 is 0 Å². The van der Waals surface area contributed by atoms with E-state index in [0.717, 1.165) is 6.42 Å². The molecule has 2 unspecified atom stereocenters. The van der Waals surface area contributed by atoms with Crippen LogP contribution in [-0.4, -0.2) is 59.1 Å². The lowest BCUT2D eigenvalue weighted by Crippen LogP contribution is -2.57. The van der Waals surface area contributed by atoms with Gasteiger partial charge in [-0.05, 0) is 19.1 Å². The number of ether oxygens (including phenoxy) is 2. The molecule has 2 amide bonds. The van der Waals surface area contributed by atoms with Crippen molar-refractivity contribution in [1.29, 1.82) is 0 Å². The highest BCUT2D eigenvalue weighted by atomic mass is 16.6. The van der Waals surface area contributed by atoms with Crippen LogP contribution in [-0.2, 0) is 9.47 Å². The molecule has 108 valence electrons.